The molecule has 0 N–H and O–H groups in total. The summed E-state index contributed by atoms with van der Waals surface area (Å²) in [6.07, 6.45) is 11.2. The third-order valence-electron chi connectivity index (χ3n) is 3.83. The quantitative estimate of drug-likeness (QED) is 0.461. The van der Waals surface area contributed by atoms with Crippen LogP contribution in [-0.2, 0) is 0 Å². The second kappa shape index (κ2) is 1.80. The van der Waals surface area contributed by atoms with Crippen LogP contribution in [0.5, 0.6) is 0 Å². The zero-order chi connectivity index (χ0) is 7.42. The molecular formula is C11H14. The number of hydrogen-bond donors (Lipinski definition) is 0. The van der Waals surface area contributed by atoms with Crippen LogP contribution in [0.2, 0.25) is 0 Å². The van der Waals surface area contributed by atoms with Gasteiger partial charge in [0, 0.05) is 0 Å². The van der Waals surface area contributed by atoms with Gasteiger partial charge >= 0.3 is 0 Å². The largest absolute Gasteiger partial charge is 0.0851 e. The van der Waals surface area contributed by atoms with Gasteiger partial charge in [0.05, 0.1) is 0 Å². The molecule has 0 amide bonds. The Morgan fingerprint density at radius 1 is 1.00 bits per heavy atom. The average molecular weight is 146 g/mol. The van der Waals surface area contributed by atoms with Crippen molar-refractivity contribution in [3.8, 4) is 0 Å². The van der Waals surface area contributed by atoms with E-state index >= 15 is 0 Å². The maximum absolute atomic E-state index is 2.46. The molecule has 3 aliphatic rings. The third kappa shape index (κ3) is 0.610. The van der Waals surface area contributed by atoms with Gasteiger partial charge in [0.2, 0.25) is 0 Å². The van der Waals surface area contributed by atoms with Gasteiger partial charge in [-0.05, 0) is 36.0 Å². The Morgan fingerprint density at radius 2 is 1.82 bits per heavy atom. The maximum atomic E-state index is 2.46. The minimum absolute atomic E-state index is 0.847. The summed E-state index contributed by atoms with van der Waals surface area (Å²) < 4.78 is 0. The molecule has 0 aromatic carbocycles. The van der Waals surface area contributed by atoms with Gasteiger partial charge in [0.1, 0.15) is 0 Å². The molecule has 3 rings (SSSR count). The van der Waals surface area contributed by atoms with Gasteiger partial charge in [-0.25, -0.2) is 0 Å². The van der Waals surface area contributed by atoms with E-state index in [0.717, 1.165) is 29.6 Å². The average Bonchev–Trinajstić information content (AvgIpc) is 2.60. The van der Waals surface area contributed by atoms with Crippen molar-refractivity contribution < 1.29 is 0 Å². The Hall–Kier alpha value is -0.520. The minimum atomic E-state index is 0.847. The van der Waals surface area contributed by atoms with Crippen molar-refractivity contribution in [2.24, 2.45) is 29.6 Å². The summed E-state index contributed by atoms with van der Waals surface area (Å²) in [6.45, 7) is 2.37. The summed E-state index contributed by atoms with van der Waals surface area (Å²) in [5, 5.41) is 0. The van der Waals surface area contributed by atoms with Gasteiger partial charge in [-0.15, -0.1) is 0 Å². The lowest BCUT2D eigenvalue weighted by Gasteiger charge is -2.23. The van der Waals surface area contributed by atoms with Crippen LogP contribution in [0.1, 0.15) is 13.3 Å². The predicted octanol–water partition coefficient (Wildman–Crippen LogP) is 2.63. The topological polar surface area (TPSA) is 0 Å². The van der Waals surface area contributed by atoms with E-state index in [1.807, 2.05) is 0 Å². The maximum Gasteiger partial charge on any atom is -0.0131 e. The molecule has 5 atom stereocenters. The second-order valence-corrected chi connectivity index (χ2v) is 4.35. The summed E-state index contributed by atoms with van der Waals surface area (Å²) in [5.41, 5.74) is 0. The molecule has 0 spiro atoms. The SMILES string of the molecule is CC1C=CC2C1[C@@H]1C=C[C@H]2C1. The molecule has 1 saturated carbocycles. The van der Waals surface area contributed by atoms with E-state index in [4.69, 9.17) is 0 Å². The standard InChI is InChI=1S/C11H14/c1-7-2-5-10-8-3-4-9(6-8)11(7)10/h2-5,7-11H,6H2,1H3/t7?,8-,9+,10?,11?/m0/s1. The number of rotatable bonds is 0. The Morgan fingerprint density at radius 3 is 2.64 bits per heavy atom. The van der Waals surface area contributed by atoms with Crippen molar-refractivity contribution >= 4 is 0 Å². The van der Waals surface area contributed by atoms with E-state index in [1.165, 1.54) is 6.42 Å². The van der Waals surface area contributed by atoms with Crippen molar-refractivity contribution in [3.05, 3.63) is 24.3 Å². The zero-order valence-corrected chi connectivity index (χ0v) is 6.90. The predicted molar refractivity (Wildman–Crippen MR) is 46.0 cm³/mol. The molecule has 0 radical (unpaired) electrons. The highest BCUT2D eigenvalue weighted by Gasteiger charge is 2.47. The zero-order valence-electron chi connectivity index (χ0n) is 6.90. The van der Waals surface area contributed by atoms with Crippen molar-refractivity contribution in [3.63, 3.8) is 0 Å². The molecule has 3 unspecified atom stereocenters. The van der Waals surface area contributed by atoms with Crippen LogP contribution < -0.4 is 0 Å². The van der Waals surface area contributed by atoms with E-state index in [-0.39, 0.29) is 0 Å². The smallest absolute Gasteiger partial charge is 0.0131 e. The minimum Gasteiger partial charge on any atom is -0.0851 e. The second-order valence-electron chi connectivity index (χ2n) is 4.35. The molecule has 1 fully saturated rings. The van der Waals surface area contributed by atoms with Crippen LogP contribution in [0.4, 0.5) is 0 Å². The highest BCUT2D eigenvalue weighted by Crippen LogP contribution is 2.54. The third-order valence-corrected chi connectivity index (χ3v) is 3.83. The number of allylic oxidation sites excluding steroid dienone is 4. The summed E-state index contributed by atoms with van der Waals surface area (Å²) >= 11 is 0. The number of hydrogen-bond acceptors (Lipinski definition) is 0. The van der Waals surface area contributed by atoms with Crippen LogP contribution in [-0.4, -0.2) is 0 Å². The van der Waals surface area contributed by atoms with Crippen LogP contribution in [0.25, 0.3) is 0 Å². The van der Waals surface area contributed by atoms with Gasteiger partial charge in [-0.2, -0.15) is 0 Å². The molecule has 0 aliphatic heterocycles. The highest BCUT2D eigenvalue weighted by atomic mass is 14.5. The Kier molecular flexibility index (Phi) is 0.988. The molecule has 3 aliphatic carbocycles. The van der Waals surface area contributed by atoms with Crippen molar-refractivity contribution in [1.29, 1.82) is 0 Å². The van der Waals surface area contributed by atoms with E-state index in [2.05, 4.69) is 31.2 Å². The fraction of sp³-hybridized carbons (Fsp3) is 0.636. The van der Waals surface area contributed by atoms with Crippen molar-refractivity contribution in [2.45, 2.75) is 13.3 Å². The normalized spacial score (nSPS) is 57.4. The lowest BCUT2D eigenvalue weighted by Crippen LogP contribution is -2.18. The summed E-state index contributed by atoms with van der Waals surface area (Å²) in [5.74, 6) is 4.58. The van der Waals surface area contributed by atoms with Gasteiger partial charge in [0.15, 0.2) is 0 Å². The molecular weight excluding hydrogens is 132 g/mol. The molecule has 0 nitrogen and oxygen atoms in total. The molecule has 0 heteroatoms. The van der Waals surface area contributed by atoms with Gasteiger partial charge in [-0.1, -0.05) is 31.2 Å². The van der Waals surface area contributed by atoms with Crippen LogP contribution >= 0.6 is 0 Å². The monoisotopic (exact) mass is 146 g/mol. The fourth-order valence-corrected chi connectivity index (χ4v) is 3.34. The highest BCUT2D eigenvalue weighted by molar-refractivity contribution is 5.23. The Balaban J connectivity index is 2.02. The fourth-order valence-electron chi connectivity index (χ4n) is 3.34. The summed E-state index contributed by atoms with van der Waals surface area (Å²) in [4.78, 5) is 0. The summed E-state index contributed by atoms with van der Waals surface area (Å²) in [6, 6.07) is 0. The molecule has 2 bridgehead atoms. The van der Waals surface area contributed by atoms with Crippen LogP contribution in [0.3, 0.4) is 0 Å². The first-order chi connectivity index (χ1) is 5.36. The summed E-state index contributed by atoms with van der Waals surface area (Å²) in [7, 11) is 0. The van der Waals surface area contributed by atoms with Crippen LogP contribution in [0.15, 0.2) is 24.3 Å². The molecule has 0 heterocycles. The molecule has 0 aromatic rings. The first-order valence-electron chi connectivity index (χ1n) is 4.73. The van der Waals surface area contributed by atoms with Crippen molar-refractivity contribution in [2.75, 3.05) is 0 Å². The number of fused-ring (bicyclic) bond motifs is 5. The lowest BCUT2D eigenvalue weighted by molar-refractivity contribution is 0.326. The first kappa shape index (κ1) is 6.05. The van der Waals surface area contributed by atoms with E-state index in [0.29, 0.717) is 0 Å². The van der Waals surface area contributed by atoms with Gasteiger partial charge in [0.25, 0.3) is 0 Å². The first-order valence-corrected chi connectivity index (χ1v) is 4.73. The van der Waals surface area contributed by atoms with Crippen LogP contribution in [0, 0.1) is 29.6 Å². The van der Waals surface area contributed by atoms with E-state index < -0.39 is 0 Å². The molecule has 0 aromatic heterocycles. The van der Waals surface area contributed by atoms with E-state index in [1.54, 1.807) is 0 Å². The van der Waals surface area contributed by atoms with Crippen molar-refractivity contribution in [1.82, 2.24) is 0 Å². The Bertz CT molecular complexity index is 236. The molecule has 58 valence electrons. The molecule has 11 heavy (non-hydrogen) atoms. The van der Waals surface area contributed by atoms with Gasteiger partial charge in [-0.3, -0.25) is 0 Å². The van der Waals surface area contributed by atoms with Gasteiger partial charge < -0.3 is 0 Å². The van der Waals surface area contributed by atoms with E-state index in [9.17, 15) is 0 Å². The lowest BCUT2D eigenvalue weighted by atomic mass is 9.81. The Labute approximate surface area is 68.0 Å². The molecule has 0 saturated heterocycles.